The standard InChI is InChI=1S/C22H36N2O4S/c1-16-10-12-24(13-11-16)20(25)18-14-17(8-9-19(18)28-7)29(26,27)23-22(5,6)15-21(2,3)4/h8-9,14,16,23H,10-13,15H2,1-7H3. The third-order valence-corrected chi connectivity index (χ3v) is 6.86. The Morgan fingerprint density at radius 1 is 1.17 bits per heavy atom. The number of rotatable bonds is 6. The van der Waals surface area contributed by atoms with Crippen LogP contribution in [0.4, 0.5) is 0 Å². The highest BCUT2D eigenvalue weighted by Gasteiger charge is 2.32. The zero-order chi connectivity index (χ0) is 22.0. The van der Waals surface area contributed by atoms with E-state index in [2.05, 4.69) is 32.4 Å². The van der Waals surface area contributed by atoms with E-state index < -0.39 is 15.6 Å². The SMILES string of the molecule is COc1ccc(S(=O)(=O)NC(C)(C)CC(C)(C)C)cc1C(=O)N1CCC(C)CC1. The van der Waals surface area contributed by atoms with Crippen molar-refractivity contribution in [1.29, 1.82) is 0 Å². The molecule has 0 bridgehead atoms. The maximum atomic E-state index is 13.1. The second-order valence-corrected chi connectivity index (χ2v) is 11.7. The molecular weight excluding hydrogens is 388 g/mol. The van der Waals surface area contributed by atoms with Crippen molar-refractivity contribution in [2.75, 3.05) is 20.2 Å². The van der Waals surface area contributed by atoms with E-state index in [-0.39, 0.29) is 16.2 Å². The van der Waals surface area contributed by atoms with Gasteiger partial charge in [0.2, 0.25) is 10.0 Å². The lowest BCUT2D eigenvalue weighted by atomic mass is 9.82. The minimum Gasteiger partial charge on any atom is -0.496 e. The lowest BCUT2D eigenvalue weighted by molar-refractivity contribution is 0.0693. The zero-order valence-corrected chi connectivity index (χ0v) is 19.6. The maximum absolute atomic E-state index is 13.1. The van der Waals surface area contributed by atoms with E-state index in [9.17, 15) is 13.2 Å². The molecule has 2 rings (SSSR count). The molecule has 0 spiro atoms. The van der Waals surface area contributed by atoms with E-state index >= 15 is 0 Å². The van der Waals surface area contributed by atoms with Gasteiger partial charge in [-0.2, -0.15) is 0 Å². The van der Waals surface area contributed by atoms with Gasteiger partial charge in [0.15, 0.2) is 0 Å². The molecule has 1 aromatic carbocycles. The van der Waals surface area contributed by atoms with Crippen LogP contribution in [0, 0.1) is 11.3 Å². The highest BCUT2D eigenvalue weighted by Crippen LogP contribution is 2.30. The topological polar surface area (TPSA) is 75.7 Å². The Morgan fingerprint density at radius 2 is 1.76 bits per heavy atom. The molecule has 1 heterocycles. The number of nitrogens with zero attached hydrogens (tertiary/aromatic N) is 1. The number of piperidine rings is 1. The minimum absolute atomic E-state index is 0.0293. The van der Waals surface area contributed by atoms with E-state index in [1.807, 2.05) is 13.8 Å². The molecule has 1 amide bonds. The maximum Gasteiger partial charge on any atom is 0.257 e. The largest absolute Gasteiger partial charge is 0.496 e. The Bertz CT molecular complexity index is 833. The minimum atomic E-state index is -3.79. The van der Waals surface area contributed by atoms with Crippen molar-refractivity contribution in [2.45, 2.75) is 71.2 Å². The van der Waals surface area contributed by atoms with Crippen LogP contribution in [-0.2, 0) is 10.0 Å². The highest BCUT2D eigenvalue weighted by molar-refractivity contribution is 7.89. The van der Waals surface area contributed by atoms with E-state index in [1.165, 1.54) is 19.2 Å². The molecule has 1 N–H and O–H groups in total. The van der Waals surface area contributed by atoms with Crippen molar-refractivity contribution in [3.8, 4) is 5.75 Å². The Kier molecular flexibility index (Phi) is 7.05. The Morgan fingerprint density at radius 3 is 2.28 bits per heavy atom. The summed E-state index contributed by atoms with van der Waals surface area (Å²) in [7, 11) is -2.30. The van der Waals surface area contributed by atoms with Crippen LogP contribution in [0.2, 0.25) is 0 Å². The summed E-state index contributed by atoms with van der Waals surface area (Å²) in [5.74, 6) is 0.809. The lowest BCUT2D eigenvalue weighted by Crippen LogP contribution is -2.45. The fourth-order valence-corrected chi connectivity index (χ4v) is 5.63. The van der Waals surface area contributed by atoms with Crippen molar-refractivity contribution in [2.24, 2.45) is 11.3 Å². The van der Waals surface area contributed by atoms with Gasteiger partial charge in [-0.25, -0.2) is 13.1 Å². The number of likely N-dealkylation sites (tertiary alicyclic amines) is 1. The summed E-state index contributed by atoms with van der Waals surface area (Å²) in [6.45, 7) is 13.5. The van der Waals surface area contributed by atoms with Crippen LogP contribution in [0.15, 0.2) is 23.1 Å². The number of sulfonamides is 1. The summed E-state index contributed by atoms with van der Waals surface area (Å²) >= 11 is 0. The van der Waals surface area contributed by atoms with E-state index in [4.69, 9.17) is 4.74 Å². The van der Waals surface area contributed by atoms with Crippen molar-refractivity contribution in [3.05, 3.63) is 23.8 Å². The number of benzene rings is 1. The number of hydrogen-bond donors (Lipinski definition) is 1. The number of hydrogen-bond acceptors (Lipinski definition) is 4. The summed E-state index contributed by atoms with van der Waals surface area (Å²) in [5.41, 5.74) is -0.360. The van der Waals surface area contributed by atoms with E-state index in [0.29, 0.717) is 36.7 Å². The Balaban J connectivity index is 2.32. The van der Waals surface area contributed by atoms with Gasteiger partial charge in [0.25, 0.3) is 5.91 Å². The molecule has 0 radical (unpaired) electrons. The molecule has 7 heteroatoms. The second-order valence-electron chi connectivity index (χ2n) is 10.1. The van der Waals surface area contributed by atoms with Crippen LogP contribution in [0.3, 0.4) is 0 Å². The smallest absolute Gasteiger partial charge is 0.257 e. The van der Waals surface area contributed by atoms with Crippen molar-refractivity contribution < 1.29 is 17.9 Å². The monoisotopic (exact) mass is 424 g/mol. The lowest BCUT2D eigenvalue weighted by Gasteiger charge is -2.33. The first-order chi connectivity index (χ1) is 13.2. The van der Waals surface area contributed by atoms with Crippen LogP contribution in [0.25, 0.3) is 0 Å². The molecule has 0 saturated carbocycles. The number of carbonyl (C=O) groups excluding carboxylic acids is 1. The van der Waals surface area contributed by atoms with Gasteiger partial charge >= 0.3 is 0 Å². The van der Waals surface area contributed by atoms with Crippen molar-refractivity contribution in [3.63, 3.8) is 0 Å². The average Bonchev–Trinajstić information content (AvgIpc) is 2.58. The molecule has 1 aromatic rings. The predicted molar refractivity (Wildman–Crippen MR) is 116 cm³/mol. The summed E-state index contributed by atoms with van der Waals surface area (Å²) in [6.07, 6.45) is 2.58. The number of nitrogens with one attached hydrogen (secondary N) is 1. The van der Waals surface area contributed by atoms with Crippen molar-refractivity contribution in [1.82, 2.24) is 9.62 Å². The van der Waals surface area contributed by atoms with Gasteiger partial charge in [-0.15, -0.1) is 0 Å². The third-order valence-electron chi connectivity index (χ3n) is 5.17. The molecule has 164 valence electrons. The molecule has 1 aliphatic rings. The zero-order valence-electron chi connectivity index (χ0n) is 18.8. The fraction of sp³-hybridized carbons (Fsp3) is 0.682. The quantitative estimate of drug-likeness (QED) is 0.747. The molecule has 1 aliphatic heterocycles. The summed E-state index contributed by atoms with van der Waals surface area (Å²) in [4.78, 5) is 14.9. The van der Waals surface area contributed by atoms with Crippen LogP contribution in [-0.4, -0.2) is 45.0 Å². The van der Waals surface area contributed by atoms with Crippen molar-refractivity contribution >= 4 is 15.9 Å². The Hall–Kier alpha value is -1.60. The van der Waals surface area contributed by atoms with E-state index in [1.54, 1.807) is 11.0 Å². The van der Waals surface area contributed by atoms with Gasteiger partial charge in [-0.3, -0.25) is 4.79 Å². The summed E-state index contributed by atoms with van der Waals surface area (Å²) < 4.78 is 34.3. The highest BCUT2D eigenvalue weighted by atomic mass is 32.2. The van der Waals surface area contributed by atoms with Gasteiger partial charge in [-0.1, -0.05) is 27.7 Å². The normalized spacial score (nSPS) is 16.7. The summed E-state index contributed by atoms with van der Waals surface area (Å²) in [6, 6.07) is 4.49. The van der Waals surface area contributed by atoms with Gasteiger partial charge in [0, 0.05) is 18.6 Å². The summed E-state index contributed by atoms with van der Waals surface area (Å²) in [5, 5.41) is 0. The molecule has 0 unspecified atom stereocenters. The van der Waals surface area contributed by atoms with Gasteiger partial charge in [0.05, 0.1) is 17.6 Å². The third kappa shape index (κ3) is 6.44. The Labute approximate surface area is 176 Å². The first kappa shape index (κ1) is 23.7. The van der Waals surface area contributed by atoms with Crippen LogP contribution < -0.4 is 9.46 Å². The molecule has 0 aromatic heterocycles. The second kappa shape index (κ2) is 8.64. The molecular formula is C22H36N2O4S. The average molecular weight is 425 g/mol. The van der Waals surface area contributed by atoms with Crippen LogP contribution in [0.1, 0.15) is 71.2 Å². The number of amides is 1. The van der Waals surface area contributed by atoms with Gasteiger partial charge in [-0.05, 0) is 62.6 Å². The predicted octanol–water partition coefficient (Wildman–Crippen LogP) is 4.06. The molecule has 6 nitrogen and oxygen atoms in total. The molecule has 29 heavy (non-hydrogen) atoms. The number of carbonyl (C=O) groups is 1. The molecule has 0 aliphatic carbocycles. The van der Waals surface area contributed by atoms with Crippen LogP contribution >= 0.6 is 0 Å². The number of methoxy groups -OCH3 is 1. The molecule has 1 saturated heterocycles. The number of ether oxygens (including phenoxy) is 1. The first-order valence-electron chi connectivity index (χ1n) is 10.3. The first-order valence-corrected chi connectivity index (χ1v) is 11.7. The fourth-order valence-electron chi connectivity index (χ4n) is 4.19. The molecule has 1 fully saturated rings. The van der Waals surface area contributed by atoms with Crippen LogP contribution in [0.5, 0.6) is 5.75 Å². The van der Waals surface area contributed by atoms with Gasteiger partial charge in [0.1, 0.15) is 5.75 Å². The van der Waals surface area contributed by atoms with Gasteiger partial charge < -0.3 is 9.64 Å². The molecule has 0 atom stereocenters. The van der Waals surface area contributed by atoms with E-state index in [0.717, 1.165) is 12.8 Å².